The molecular formula is C14H18BrN3O. The summed E-state index contributed by atoms with van der Waals surface area (Å²) in [5.74, 6) is 1.27. The number of aromatic nitrogens is 2. The fourth-order valence-electron chi connectivity index (χ4n) is 1.81. The van der Waals surface area contributed by atoms with E-state index in [0.29, 0.717) is 11.7 Å². The van der Waals surface area contributed by atoms with Crippen LogP contribution in [0.15, 0.2) is 27.2 Å². The molecule has 0 amide bonds. The van der Waals surface area contributed by atoms with Gasteiger partial charge in [0.25, 0.3) is 0 Å². The third kappa shape index (κ3) is 3.04. The lowest BCUT2D eigenvalue weighted by molar-refractivity contribution is 0.340. The van der Waals surface area contributed by atoms with Crippen molar-refractivity contribution < 1.29 is 4.52 Å². The summed E-state index contributed by atoms with van der Waals surface area (Å²) in [6.07, 6.45) is 0.884. The van der Waals surface area contributed by atoms with Crippen LogP contribution < -0.4 is 5.73 Å². The van der Waals surface area contributed by atoms with E-state index in [2.05, 4.69) is 33.0 Å². The van der Waals surface area contributed by atoms with E-state index >= 15 is 0 Å². The molecule has 19 heavy (non-hydrogen) atoms. The summed E-state index contributed by atoms with van der Waals surface area (Å²) in [5.41, 5.74) is 8.11. The standard InChI is InChI=1S/C14H18BrN3O/c1-4-12(16)9(3)14-17-13(18-19-14)10-6-5-8(2)11(15)7-10/h5-7,9,12H,4,16H2,1-3H3. The third-order valence-corrected chi connectivity index (χ3v) is 4.23. The Bertz CT molecular complexity index is 568. The van der Waals surface area contributed by atoms with Gasteiger partial charge in [0.1, 0.15) is 0 Å². The van der Waals surface area contributed by atoms with Gasteiger partial charge in [0.05, 0.1) is 5.92 Å². The van der Waals surface area contributed by atoms with Gasteiger partial charge in [-0.15, -0.1) is 0 Å². The molecule has 2 rings (SSSR count). The maximum absolute atomic E-state index is 6.01. The van der Waals surface area contributed by atoms with Gasteiger partial charge in [0.15, 0.2) is 0 Å². The minimum Gasteiger partial charge on any atom is -0.339 e. The van der Waals surface area contributed by atoms with Crippen LogP contribution in [-0.4, -0.2) is 16.2 Å². The molecule has 102 valence electrons. The van der Waals surface area contributed by atoms with E-state index in [-0.39, 0.29) is 12.0 Å². The Kier molecular flexibility index (Phi) is 4.37. The lowest BCUT2D eigenvalue weighted by Crippen LogP contribution is -2.25. The summed E-state index contributed by atoms with van der Waals surface area (Å²) in [7, 11) is 0. The third-order valence-electron chi connectivity index (χ3n) is 3.37. The molecular weight excluding hydrogens is 306 g/mol. The smallest absolute Gasteiger partial charge is 0.231 e. The number of hydrogen-bond acceptors (Lipinski definition) is 4. The van der Waals surface area contributed by atoms with Gasteiger partial charge in [0.2, 0.25) is 11.7 Å². The van der Waals surface area contributed by atoms with Crippen LogP contribution in [0.4, 0.5) is 0 Å². The van der Waals surface area contributed by atoms with Crippen molar-refractivity contribution in [2.45, 2.75) is 39.2 Å². The van der Waals surface area contributed by atoms with Crippen molar-refractivity contribution in [2.75, 3.05) is 0 Å². The number of halogens is 1. The molecule has 0 aliphatic carbocycles. The summed E-state index contributed by atoms with van der Waals surface area (Å²) in [6.45, 7) is 6.10. The zero-order valence-corrected chi connectivity index (χ0v) is 12.9. The van der Waals surface area contributed by atoms with E-state index in [1.165, 1.54) is 5.56 Å². The molecule has 1 aromatic heterocycles. The molecule has 0 aliphatic heterocycles. The average molecular weight is 324 g/mol. The average Bonchev–Trinajstić information content (AvgIpc) is 2.89. The first kappa shape index (κ1) is 14.2. The van der Waals surface area contributed by atoms with Gasteiger partial charge in [-0.2, -0.15) is 4.98 Å². The molecule has 0 radical (unpaired) electrons. The van der Waals surface area contributed by atoms with Crippen molar-refractivity contribution in [2.24, 2.45) is 5.73 Å². The second-order valence-corrected chi connectivity index (χ2v) is 5.64. The molecule has 0 bridgehead atoms. The SMILES string of the molecule is CCC(N)C(C)c1nc(-c2ccc(C)c(Br)c2)no1. The maximum Gasteiger partial charge on any atom is 0.231 e. The van der Waals surface area contributed by atoms with Gasteiger partial charge in [0, 0.05) is 16.1 Å². The molecule has 1 aromatic carbocycles. The molecule has 2 unspecified atom stereocenters. The Morgan fingerprint density at radius 3 is 2.79 bits per heavy atom. The number of aryl methyl sites for hydroxylation is 1. The lowest BCUT2D eigenvalue weighted by atomic mass is 10.0. The van der Waals surface area contributed by atoms with E-state index in [1.54, 1.807) is 0 Å². The predicted octanol–water partition coefficient (Wildman–Crippen LogP) is 3.65. The Balaban J connectivity index is 2.27. The Hall–Kier alpha value is -1.20. The fraction of sp³-hybridized carbons (Fsp3) is 0.429. The topological polar surface area (TPSA) is 64.9 Å². The largest absolute Gasteiger partial charge is 0.339 e. The summed E-state index contributed by atoms with van der Waals surface area (Å²) >= 11 is 3.51. The van der Waals surface area contributed by atoms with Crippen molar-refractivity contribution in [1.29, 1.82) is 0 Å². The second-order valence-electron chi connectivity index (χ2n) is 4.78. The van der Waals surface area contributed by atoms with Crippen LogP contribution in [0.25, 0.3) is 11.4 Å². The molecule has 0 aliphatic rings. The normalized spacial score (nSPS) is 14.4. The zero-order valence-electron chi connectivity index (χ0n) is 11.4. The molecule has 2 N–H and O–H groups in total. The molecule has 1 heterocycles. The number of hydrogen-bond donors (Lipinski definition) is 1. The van der Waals surface area contributed by atoms with E-state index in [0.717, 1.165) is 16.5 Å². The minimum absolute atomic E-state index is 0.0399. The molecule has 0 fully saturated rings. The first-order valence-electron chi connectivity index (χ1n) is 6.38. The van der Waals surface area contributed by atoms with Crippen LogP contribution >= 0.6 is 15.9 Å². The molecule has 5 heteroatoms. The number of nitrogens with zero attached hydrogens (tertiary/aromatic N) is 2. The van der Waals surface area contributed by atoms with Gasteiger partial charge in [-0.05, 0) is 25.0 Å². The zero-order chi connectivity index (χ0) is 14.0. The first-order valence-corrected chi connectivity index (χ1v) is 7.18. The maximum atomic E-state index is 6.01. The van der Waals surface area contributed by atoms with Crippen LogP contribution in [0.1, 0.15) is 37.6 Å². The molecule has 0 saturated heterocycles. The monoisotopic (exact) mass is 323 g/mol. The van der Waals surface area contributed by atoms with Crippen molar-refractivity contribution >= 4 is 15.9 Å². The quantitative estimate of drug-likeness (QED) is 0.932. The van der Waals surface area contributed by atoms with E-state index in [1.807, 2.05) is 32.0 Å². The van der Waals surface area contributed by atoms with Gasteiger partial charge >= 0.3 is 0 Å². The lowest BCUT2D eigenvalue weighted by Gasteiger charge is -2.13. The van der Waals surface area contributed by atoms with Crippen LogP contribution in [-0.2, 0) is 0 Å². The van der Waals surface area contributed by atoms with Gasteiger partial charge in [-0.3, -0.25) is 0 Å². The molecule has 2 aromatic rings. The molecule has 0 saturated carbocycles. The van der Waals surface area contributed by atoms with Crippen LogP contribution in [0, 0.1) is 6.92 Å². The molecule has 0 spiro atoms. The first-order chi connectivity index (χ1) is 9.02. The van der Waals surface area contributed by atoms with E-state index in [4.69, 9.17) is 10.3 Å². The van der Waals surface area contributed by atoms with Crippen LogP contribution in [0.3, 0.4) is 0 Å². The highest BCUT2D eigenvalue weighted by molar-refractivity contribution is 9.10. The Morgan fingerprint density at radius 1 is 1.42 bits per heavy atom. The second kappa shape index (κ2) is 5.84. The Morgan fingerprint density at radius 2 is 2.16 bits per heavy atom. The van der Waals surface area contributed by atoms with Crippen molar-refractivity contribution in [3.63, 3.8) is 0 Å². The number of nitrogens with two attached hydrogens (primary N) is 1. The van der Waals surface area contributed by atoms with Crippen LogP contribution in [0.5, 0.6) is 0 Å². The summed E-state index contributed by atoms with van der Waals surface area (Å²) in [5, 5.41) is 4.03. The van der Waals surface area contributed by atoms with Crippen molar-refractivity contribution in [3.8, 4) is 11.4 Å². The van der Waals surface area contributed by atoms with E-state index in [9.17, 15) is 0 Å². The van der Waals surface area contributed by atoms with Crippen molar-refractivity contribution in [3.05, 3.63) is 34.1 Å². The summed E-state index contributed by atoms with van der Waals surface area (Å²) in [4.78, 5) is 4.44. The van der Waals surface area contributed by atoms with Crippen molar-refractivity contribution in [1.82, 2.24) is 10.1 Å². The van der Waals surface area contributed by atoms with Crippen LogP contribution in [0.2, 0.25) is 0 Å². The number of rotatable bonds is 4. The predicted molar refractivity (Wildman–Crippen MR) is 78.9 cm³/mol. The van der Waals surface area contributed by atoms with Gasteiger partial charge in [-0.1, -0.05) is 47.1 Å². The highest BCUT2D eigenvalue weighted by atomic mass is 79.9. The van der Waals surface area contributed by atoms with E-state index < -0.39 is 0 Å². The summed E-state index contributed by atoms with van der Waals surface area (Å²) < 4.78 is 6.35. The molecule has 4 nitrogen and oxygen atoms in total. The van der Waals surface area contributed by atoms with Gasteiger partial charge in [-0.25, -0.2) is 0 Å². The van der Waals surface area contributed by atoms with Gasteiger partial charge < -0.3 is 10.3 Å². The Labute approximate surface area is 121 Å². The fourth-order valence-corrected chi connectivity index (χ4v) is 2.18. The highest BCUT2D eigenvalue weighted by Gasteiger charge is 2.20. The summed E-state index contributed by atoms with van der Waals surface area (Å²) in [6, 6.07) is 6.04. The highest BCUT2D eigenvalue weighted by Crippen LogP contribution is 2.25. The molecule has 2 atom stereocenters. The number of benzene rings is 1. The minimum atomic E-state index is 0.0399.